The van der Waals surface area contributed by atoms with Gasteiger partial charge in [0.15, 0.2) is 0 Å². The number of para-hydroxylation sites is 2. The van der Waals surface area contributed by atoms with E-state index in [-0.39, 0.29) is 0 Å². The fraction of sp³-hybridized carbons (Fsp3) is 0. The molecule has 0 spiro atoms. The molecule has 4 aromatic rings. The number of nitrogens with zero attached hydrogens (tertiary/aromatic N) is 4. The lowest BCUT2D eigenvalue weighted by atomic mass is 10.3. The minimum Gasteiger partial charge on any atom is -0.277 e. The first-order valence-electron chi connectivity index (χ1n) is 5.90. The van der Waals surface area contributed by atoms with Crippen LogP contribution in [-0.4, -0.2) is 19.2 Å². The van der Waals surface area contributed by atoms with Gasteiger partial charge in [0.05, 0.1) is 16.7 Å². The number of benzene rings is 2. The predicted octanol–water partition coefficient (Wildman–Crippen LogP) is 3.44. The second kappa shape index (κ2) is 3.93. The summed E-state index contributed by atoms with van der Waals surface area (Å²) < 4.78 is 5.00. The Morgan fingerprint density at radius 3 is 2.63 bits per heavy atom. The van der Waals surface area contributed by atoms with Gasteiger partial charge in [-0.25, -0.2) is 0 Å². The number of fused-ring (bicyclic) bond motifs is 3. The van der Waals surface area contributed by atoms with Crippen LogP contribution in [0.5, 0.6) is 0 Å². The summed E-state index contributed by atoms with van der Waals surface area (Å²) in [6, 6.07) is 16.3. The van der Waals surface area contributed by atoms with Gasteiger partial charge in [-0.3, -0.25) is 4.57 Å². The highest BCUT2D eigenvalue weighted by molar-refractivity contribution is 9.10. The van der Waals surface area contributed by atoms with E-state index in [1.165, 1.54) is 0 Å². The predicted molar refractivity (Wildman–Crippen MR) is 77.5 cm³/mol. The van der Waals surface area contributed by atoms with Gasteiger partial charge in [0.1, 0.15) is 6.33 Å². The molecule has 5 heteroatoms. The largest absolute Gasteiger partial charge is 0.277 e. The molecule has 2 aromatic carbocycles. The van der Waals surface area contributed by atoms with Crippen LogP contribution in [0.1, 0.15) is 0 Å². The summed E-state index contributed by atoms with van der Waals surface area (Å²) in [7, 11) is 0. The van der Waals surface area contributed by atoms with E-state index < -0.39 is 0 Å². The van der Waals surface area contributed by atoms with Crippen molar-refractivity contribution in [3.8, 4) is 5.69 Å². The second-order valence-electron chi connectivity index (χ2n) is 4.28. The van der Waals surface area contributed by atoms with E-state index >= 15 is 0 Å². The lowest BCUT2D eigenvalue weighted by Gasteiger charge is -2.04. The van der Waals surface area contributed by atoms with Crippen molar-refractivity contribution in [1.29, 1.82) is 0 Å². The molecule has 4 nitrogen and oxygen atoms in total. The summed E-state index contributed by atoms with van der Waals surface area (Å²) in [6.07, 6.45) is 1.58. The Bertz CT molecular complexity index is 891. The van der Waals surface area contributed by atoms with Crippen LogP contribution >= 0.6 is 15.9 Å². The van der Waals surface area contributed by atoms with E-state index in [9.17, 15) is 0 Å². The maximum absolute atomic E-state index is 4.36. The Balaban J connectivity index is 2.19. The molecule has 0 amide bonds. The number of rotatable bonds is 1. The maximum Gasteiger partial charge on any atom is 0.238 e. The first-order valence-corrected chi connectivity index (χ1v) is 6.69. The third kappa shape index (κ3) is 1.51. The molecule has 19 heavy (non-hydrogen) atoms. The minimum absolute atomic E-state index is 0.819. The van der Waals surface area contributed by atoms with Gasteiger partial charge in [-0.1, -0.05) is 34.1 Å². The molecule has 0 aliphatic heterocycles. The average molecular weight is 313 g/mol. The molecule has 2 heterocycles. The van der Waals surface area contributed by atoms with Crippen molar-refractivity contribution in [3.63, 3.8) is 0 Å². The molecule has 92 valence electrons. The van der Waals surface area contributed by atoms with Gasteiger partial charge >= 0.3 is 0 Å². The maximum atomic E-state index is 4.36. The third-order valence-corrected chi connectivity index (χ3v) is 3.64. The number of imidazole rings is 1. The Morgan fingerprint density at radius 2 is 1.79 bits per heavy atom. The quantitative estimate of drug-likeness (QED) is 0.539. The molecule has 0 saturated heterocycles. The fourth-order valence-corrected chi connectivity index (χ4v) is 2.75. The molecule has 0 aliphatic carbocycles. The molecule has 0 N–H and O–H groups in total. The summed E-state index contributed by atoms with van der Waals surface area (Å²) in [5.74, 6) is 0.819. The molecule has 0 atom stereocenters. The van der Waals surface area contributed by atoms with Crippen molar-refractivity contribution in [3.05, 3.63) is 59.3 Å². The Hall–Kier alpha value is -2.14. The van der Waals surface area contributed by atoms with Crippen molar-refractivity contribution < 1.29 is 0 Å². The first kappa shape index (κ1) is 10.8. The van der Waals surface area contributed by atoms with Gasteiger partial charge in [-0.05, 0) is 30.3 Å². The van der Waals surface area contributed by atoms with E-state index in [2.05, 4.69) is 48.8 Å². The van der Waals surface area contributed by atoms with Crippen LogP contribution in [-0.2, 0) is 0 Å². The topological polar surface area (TPSA) is 35.1 Å². The summed E-state index contributed by atoms with van der Waals surface area (Å²) in [6.45, 7) is 0. The van der Waals surface area contributed by atoms with Crippen LogP contribution < -0.4 is 0 Å². The molecule has 4 rings (SSSR count). The van der Waals surface area contributed by atoms with Crippen LogP contribution in [0.15, 0.2) is 59.3 Å². The fourth-order valence-electron chi connectivity index (χ4n) is 2.37. The Kier molecular flexibility index (Phi) is 2.22. The van der Waals surface area contributed by atoms with Crippen molar-refractivity contribution in [1.82, 2.24) is 19.2 Å². The van der Waals surface area contributed by atoms with Crippen molar-refractivity contribution in [2.24, 2.45) is 0 Å². The van der Waals surface area contributed by atoms with Gasteiger partial charge in [0, 0.05) is 4.47 Å². The van der Waals surface area contributed by atoms with Gasteiger partial charge in [-0.2, -0.15) is 14.6 Å². The summed E-state index contributed by atoms with van der Waals surface area (Å²) in [5, 5.41) is 4.29. The second-order valence-corrected chi connectivity index (χ2v) is 5.19. The summed E-state index contributed by atoms with van der Waals surface area (Å²) in [4.78, 5) is 4.36. The monoisotopic (exact) mass is 312 g/mol. The Morgan fingerprint density at radius 1 is 0.947 bits per heavy atom. The molecule has 0 saturated carbocycles. The molecular formula is C14H9BrN4. The SMILES string of the molecule is Brc1cccc(-n2c3ccccc3n3ncnc23)c1. The number of halogens is 1. The van der Waals surface area contributed by atoms with Crippen LogP contribution in [0, 0.1) is 0 Å². The van der Waals surface area contributed by atoms with E-state index in [1.807, 2.05) is 34.8 Å². The molecule has 0 aliphatic rings. The van der Waals surface area contributed by atoms with Gasteiger partial charge in [0.2, 0.25) is 5.78 Å². The third-order valence-electron chi connectivity index (χ3n) is 3.15. The smallest absolute Gasteiger partial charge is 0.238 e. The van der Waals surface area contributed by atoms with Crippen LogP contribution in [0.2, 0.25) is 0 Å². The highest BCUT2D eigenvalue weighted by Crippen LogP contribution is 2.24. The van der Waals surface area contributed by atoms with Gasteiger partial charge in [0.25, 0.3) is 0 Å². The molecule has 0 fully saturated rings. The van der Waals surface area contributed by atoms with E-state index in [0.29, 0.717) is 0 Å². The number of hydrogen-bond acceptors (Lipinski definition) is 2. The van der Waals surface area contributed by atoms with Crippen molar-refractivity contribution in [2.45, 2.75) is 0 Å². The zero-order valence-electron chi connectivity index (χ0n) is 9.86. The standard InChI is InChI=1S/C14H9BrN4/c15-10-4-3-5-11(8-10)18-12-6-1-2-7-13(12)19-14(18)16-9-17-19/h1-9H. The number of aromatic nitrogens is 4. The highest BCUT2D eigenvalue weighted by atomic mass is 79.9. The van der Waals surface area contributed by atoms with Crippen LogP contribution in [0.25, 0.3) is 22.5 Å². The normalized spacial score (nSPS) is 11.4. The zero-order chi connectivity index (χ0) is 12.8. The summed E-state index contributed by atoms with van der Waals surface area (Å²) in [5.41, 5.74) is 3.21. The molecular weight excluding hydrogens is 304 g/mol. The molecule has 0 unspecified atom stereocenters. The van der Waals surface area contributed by atoms with Crippen LogP contribution in [0.3, 0.4) is 0 Å². The van der Waals surface area contributed by atoms with Gasteiger partial charge < -0.3 is 0 Å². The highest BCUT2D eigenvalue weighted by Gasteiger charge is 2.13. The van der Waals surface area contributed by atoms with E-state index in [1.54, 1.807) is 6.33 Å². The Labute approximate surface area is 117 Å². The molecule has 2 aromatic heterocycles. The van der Waals surface area contributed by atoms with Gasteiger partial charge in [-0.15, -0.1) is 0 Å². The van der Waals surface area contributed by atoms with Crippen LogP contribution in [0.4, 0.5) is 0 Å². The summed E-state index contributed by atoms with van der Waals surface area (Å²) >= 11 is 3.51. The van der Waals surface area contributed by atoms with E-state index in [0.717, 1.165) is 27.0 Å². The van der Waals surface area contributed by atoms with Crippen molar-refractivity contribution >= 4 is 32.7 Å². The average Bonchev–Trinajstić information content (AvgIpc) is 2.98. The lowest BCUT2D eigenvalue weighted by molar-refractivity contribution is 0.992. The van der Waals surface area contributed by atoms with Crippen molar-refractivity contribution in [2.75, 3.05) is 0 Å². The first-order chi connectivity index (χ1) is 9.34. The lowest BCUT2D eigenvalue weighted by Crippen LogP contribution is -1.94. The number of hydrogen-bond donors (Lipinski definition) is 0. The van der Waals surface area contributed by atoms with E-state index in [4.69, 9.17) is 0 Å². The minimum atomic E-state index is 0.819. The molecule has 0 bridgehead atoms. The molecule has 0 radical (unpaired) electrons. The zero-order valence-corrected chi connectivity index (χ0v) is 11.4.